The molecule has 2 aromatic rings. The summed E-state index contributed by atoms with van der Waals surface area (Å²) >= 11 is 0.827. The number of nitro groups is 1. The molecule has 0 bridgehead atoms. The molecule has 0 saturated carbocycles. The van der Waals surface area contributed by atoms with Crippen LogP contribution in [0.3, 0.4) is 0 Å². The van der Waals surface area contributed by atoms with Crippen LogP contribution in [0.4, 0.5) is 18.9 Å². The Hall–Kier alpha value is -2.30. The number of aromatic nitrogens is 3. The van der Waals surface area contributed by atoms with Crippen LogP contribution in [0.1, 0.15) is 11.4 Å². The Bertz CT molecular complexity index is 700. The topological polar surface area (TPSA) is 99.9 Å². The molecule has 0 saturated heterocycles. The van der Waals surface area contributed by atoms with Gasteiger partial charge in [-0.05, 0) is 30.8 Å². The minimum absolute atomic E-state index is 0.0791. The maximum atomic E-state index is 12.5. The molecule has 0 atom stereocenters. The number of aryl methyl sites for hydroxylation is 1. The lowest BCUT2D eigenvalue weighted by atomic mass is 10.2. The van der Waals surface area contributed by atoms with Crippen molar-refractivity contribution >= 4 is 17.4 Å². The van der Waals surface area contributed by atoms with Gasteiger partial charge in [0.15, 0.2) is 0 Å². The van der Waals surface area contributed by atoms with Crippen molar-refractivity contribution in [3.05, 3.63) is 39.7 Å². The van der Waals surface area contributed by atoms with E-state index < -0.39 is 16.9 Å². The zero-order valence-electron chi connectivity index (χ0n) is 10.5. The van der Waals surface area contributed by atoms with Gasteiger partial charge in [-0.15, -0.1) is 10.2 Å². The number of benzene rings is 1. The summed E-state index contributed by atoms with van der Waals surface area (Å²) in [7, 11) is 0. The molecule has 2 rings (SSSR count). The van der Waals surface area contributed by atoms with Crippen LogP contribution < -0.4 is 5.84 Å². The highest BCUT2D eigenvalue weighted by atomic mass is 32.2. The molecule has 0 radical (unpaired) electrons. The van der Waals surface area contributed by atoms with Crippen LogP contribution in [0.2, 0.25) is 0 Å². The summed E-state index contributed by atoms with van der Waals surface area (Å²) in [6.07, 6.45) is -4.70. The van der Waals surface area contributed by atoms with Crippen molar-refractivity contribution < 1.29 is 18.1 Å². The average Bonchev–Trinajstić information content (AvgIpc) is 2.70. The van der Waals surface area contributed by atoms with Gasteiger partial charge in [0.1, 0.15) is 0 Å². The molecule has 21 heavy (non-hydrogen) atoms. The maximum Gasteiger partial charge on any atom is 0.453 e. The minimum Gasteiger partial charge on any atom is -0.335 e. The predicted molar refractivity (Wildman–Crippen MR) is 67.1 cm³/mol. The van der Waals surface area contributed by atoms with Crippen LogP contribution in [-0.2, 0) is 6.18 Å². The fraction of sp³-hybridized carbons (Fsp3) is 0.200. The Morgan fingerprint density at radius 1 is 1.38 bits per heavy atom. The van der Waals surface area contributed by atoms with E-state index in [9.17, 15) is 23.3 Å². The standard InChI is InChI=1S/C10H8F3N5O2S/c1-5-4-6(2-3-7(5)18(19)20)21-9-16-15-8(17(9)14)10(11,12)13/h2-4H,14H2,1H3. The second kappa shape index (κ2) is 5.24. The quantitative estimate of drug-likeness (QED) is 0.529. The number of hydrogen-bond acceptors (Lipinski definition) is 6. The third-order valence-electron chi connectivity index (χ3n) is 2.49. The van der Waals surface area contributed by atoms with Crippen LogP contribution in [-0.4, -0.2) is 19.8 Å². The highest BCUT2D eigenvalue weighted by Crippen LogP contribution is 2.33. The molecule has 0 aliphatic carbocycles. The predicted octanol–water partition coefficient (Wildman–Crippen LogP) is 2.38. The van der Waals surface area contributed by atoms with E-state index in [1.807, 2.05) is 0 Å². The molecule has 1 aromatic carbocycles. The molecule has 0 spiro atoms. The van der Waals surface area contributed by atoms with Crippen LogP contribution in [0.5, 0.6) is 0 Å². The second-order valence-corrected chi connectivity index (χ2v) is 5.02. The van der Waals surface area contributed by atoms with Gasteiger partial charge in [0.05, 0.1) is 4.92 Å². The Kier molecular flexibility index (Phi) is 3.77. The summed E-state index contributed by atoms with van der Waals surface area (Å²) in [6, 6.07) is 4.13. The van der Waals surface area contributed by atoms with Gasteiger partial charge in [-0.25, -0.2) is 4.68 Å². The molecular weight excluding hydrogens is 311 g/mol. The first-order valence-corrected chi connectivity index (χ1v) is 6.22. The summed E-state index contributed by atoms with van der Waals surface area (Å²) < 4.78 is 37.9. The van der Waals surface area contributed by atoms with Crippen molar-refractivity contribution in [3.8, 4) is 0 Å². The Balaban J connectivity index is 2.29. The summed E-state index contributed by atoms with van der Waals surface area (Å²) in [5.41, 5.74) is 0.300. The summed E-state index contributed by atoms with van der Waals surface area (Å²) in [5.74, 6) is 3.98. The summed E-state index contributed by atoms with van der Waals surface area (Å²) in [5, 5.41) is 16.9. The normalized spacial score (nSPS) is 11.6. The number of nitrogens with two attached hydrogens (primary N) is 1. The molecule has 112 valence electrons. The largest absolute Gasteiger partial charge is 0.453 e. The smallest absolute Gasteiger partial charge is 0.335 e. The first-order valence-electron chi connectivity index (χ1n) is 5.40. The number of alkyl halides is 3. The van der Waals surface area contributed by atoms with Gasteiger partial charge in [-0.1, -0.05) is 0 Å². The first kappa shape index (κ1) is 15.1. The Labute approximate surface area is 120 Å². The van der Waals surface area contributed by atoms with E-state index in [0.29, 0.717) is 15.1 Å². The second-order valence-electron chi connectivity index (χ2n) is 3.98. The highest BCUT2D eigenvalue weighted by Gasteiger charge is 2.38. The lowest BCUT2D eigenvalue weighted by Crippen LogP contribution is -2.21. The van der Waals surface area contributed by atoms with Gasteiger partial charge in [0.25, 0.3) is 11.5 Å². The van der Waals surface area contributed by atoms with Crippen LogP contribution in [0, 0.1) is 17.0 Å². The van der Waals surface area contributed by atoms with Gasteiger partial charge < -0.3 is 5.84 Å². The lowest BCUT2D eigenvalue weighted by molar-refractivity contribution is -0.385. The number of rotatable bonds is 3. The number of hydrogen-bond donors (Lipinski definition) is 1. The van der Waals surface area contributed by atoms with Crippen LogP contribution >= 0.6 is 11.8 Å². The SMILES string of the molecule is Cc1cc(Sc2nnc(C(F)(F)F)n2N)ccc1[N+](=O)[O-]. The van der Waals surface area contributed by atoms with E-state index in [4.69, 9.17) is 5.84 Å². The Morgan fingerprint density at radius 3 is 2.52 bits per heavy atom. The minimum atomic E-state index is -4.70. The van der Waals surface area contributed by atoms with Crippen molar-refractivity contribution in [2.24, 2.45) is 0 Å². The van der Waals surface area contributed by atoms with E-state index >= 15 is 0 Å². The van der Waals surface area contributed by atoms with Gasteiger partial charge >= 0.3 is 6.18 Å². The number of nitrogens with zero attached hydrogens (tertiary/aromatic N) is 4. The zero-order valence-corrected chi connectivity index (χ0v) is 11.3. The molecule has 0 aliphatic rings. The van der Waals surface area contributed by atoms with Crippen molar-refractivity contribution in [2.75, 3.05) is 5.84 Å². The van der Waals surface area contributed by atoms with Crippen molar-refractivity contribution in [2.45, 2.75) is 23.2 Å². The Morgan fingerprint density at radius 2 is 2.05 bits per heavy atom. The molecule has 0 amide bonds. The highest BCUT2D eigenvalue weighted by molar-refractivity contribution is 7.99. The average molecular weight is 319 g/mol. The molecule has 11 heteroatoms. The third kappa shape index (κ3) is 3.07. The monoisotopic (exact) mass is 319 g/mol. The van der Waals surface area contributed by atoms with Gasteiger partial charge in [0.2, 0.25) is 5.16 Å². The first-order chi connectivity index (χ1) is 9.70. The molecule has 2 N–H and O–H groups in total. The third-order valence-corrected chi connectivity index (χ3v) is 3.44. The fourth-order valence-corrected chi connectivity index (χ4v) is 2.39. The fourth-order valence-electron chi connectivity index (χ4n) is 1.54. The van der Waals surface area contributed by atoms with Crippen molar-refractivity contribution in [1.29, 1.82) is 0 Å². The molecule has 0 unspecified atom stereocenters. The molecule has 7 nitrogen and oxygen atoms in total. The van der Waals surface area contributed by atoms with Gasteiger partial charge in [0, 0.05) is 16.5 Å². The molecule has 1 aromatic heterocycles. The number of halogens is 3. The van der Waals surface area contributed by atoms with Crippen molar-refractivity contribution in [1.82, 2.24) is 14.9 Å². The molecule has 0 fully saturated rings. The lowest BCUT2D eigenvalue weighted by Gasteiger charge is -2.06. The van der Waals surface area contributed by atoms with E-state index in [-0.39, 0.29) is 10.8 Å². The maximum absolute atomic E-state index is 12.5. The molecule has 1 heterocycles. The molecule has 0 aliphatic heterocycles. The zero-order chi connectivity index (χ0) is 15.8. The van der Waals surface area contributed by atoms with E-state index in [2.05, 4.69) is 10.2 Å². The number of nitro benzene ring substituents is 1. The van der Waals surface area contributed by atoms with Crippen LogP contribution in [0.25, 0.3) is 0 Å². The van der Waals surface area contributed by atoms with Gasteiger partial charge in [-0.3, -0.25) is 10.1 Å². The summed E-state index contributed by atoms with van der Waals surface area (Å²) in [4.78, 5) is 10.6. The van der Waals surface area contributed by atoms with Crippen LogP contribution in [0.15, 0.2) is 28.3 Å². The molecular formula is C10H8F3N5O2S. The van der Waals surface area contributed by atoms with E-state index in [1.54, 1.807) is 0 Å². The summed E-state index contributed by atoms with van der Waals surface area (Å²) in [6.45, 7) is 1.52. The van der Waals surface area contributed by atoms with Crippen molar-refractivity contribution in [3.63, 3.8) is 0 Å². The van der Waals surface area contributed by atoms with E-state index in [1.165, 1.54) is 25.1 Å². The van der Waals surface area contributed by atoms with Gasteiger partial charge in [-0.2, -0.15) is 13.2 Å². The number of nitrogen functional groups attached to an aromatic ring is 1. The van der Waals surface area contributed by atoms with E-state index in [0.717, 1.165) is 11.8 Å².